The van der Waals surface area contributed by atoms with Crippen LogP contribution in [0.2, 0.25) is 0 Å². The fourth-order valence-electron chi connectivity index (χ4n) is 2.24. The number of piperazine rings is 1. The van der Waals surface area contributed by atoms with E-state index in [2.05, 4.69) is 5.32 Å². The number of nitrogens with one attached hydrogen (secondary N) is 1. The zero-order valence-electron chi connectivity index (χ0n) is 9.74. The van der Waals surface area contributed by atoms with E-state index in [1.165, 1.54) is 29.2 Å². The lowest BCUT2D eigenvalue weighted by Gasteiger charge is -2.36. The predicted octanol–water partition coefficient (Wildman–Crippen LogP) is 1.90. The Balaban J connectivity index is 2.30. The topological polar surface area (TPSA) is 35.5 Å². The molecule has 0 saturated carbocycles. The molecule has 18 heavy (non-hydrogen) atoms. The van der Waals surface area contributed by atoms with E-state index in [-0.39, 0.29) is 11.3 Å². The van der Waals surface area contributed by atoms with Crippen molar-refractivity contribution in [3.8, 4) is 5.75 Å². The van der Waals surface area contributed by atoms with Gasteiger partial charge in [-0.25, -0.2) is 0 Å². The molecular formula is C12H15F3N2O. The molecule has 0 amide bonds. The molecule has 2 rings (SSSR count). The fraction of sp³-hybridized carbons (Fsp3) is 0.500. The molecular weight excluding hydrogens is 245 g/mol. The molecule has 6 heteroatoms. The molecule has 1 atom stereocenters. The van der Waals surface area contributed by atoms with Crippen molar-refractivity contribution in [3.63, 3.8) is 0 Å². The zero-order chi connectivity index (χ0) is 13.2. The number of hydrogen-bond acceptors (Lipinski definition) is 3. The molecule has 1 aliphatic heterocycles. The third-order valence-electron chi connectivity index (χ3n) is 3.01. The van der Waals surface area contributed by atoms with Crippen molar-refractivity contribution in [3.05, 3.63) is 29.8 Å². The highest BCUT2D eigenvalue weighted by Gasteiger charge is 2.44. The monoisotopic (exact) mass is 260 g/mol. The minimum absolute atomic E-state index is 0.0874. The van der Waals surface area contributed by atoms with Gasteiger partial charge in [0.15, 0.2) is 0 Å². The van der Waals surface area contributed by atoms with Crippen molar-refractivity contribution < 1.29 is 18.3 Å². The number of phenols is 1. The van der Waals surface area contributed by atoms with Crippen molar-refractivity contribution in [1.29, 1.82) is 0 Å². The van der Waals surface area contributed by atoms with E-state index < -0.39 is 12.2 Å². The zero-order valence-corrected chi connectivity index (χ0v) is 9.74. The standard InChI is InChI=1S/C12H15F3N2O/c13-12(14,15)11(17-6-4-16-5-7-17)9-2-1-3-10(18)8-9/h1-3,8,11,16,18H,4-7H2/t11-/m1/s1. The normalized spacial score (nSPS) is 19.7. The molecule has 1 aliphatic rings. The molecule has 3 nitrogen and oxygen atoms in total. The van der Waals surface area contributed by atoms with Crippen LogP contribution in [0.25, 0.3) is 0 Å². The smallest absolute Gasteiger partial charge is 0.408 e. The van der Waals surface area contributed by atoms with Gasteiger partial charge in [-0.15, -0.1) is 0 Å². The Morgan fingerprint density at radius 3 is 2.44 bits per heavy atom. The maximum absolute atomic E-state index is 13.2. The second-order valence-electron chi connectivity index (χ2n) is 4.33. The second kappa shape index (κ2) is 5.16. The first-order valence-corrected chi connectivity index (χ1v) is 5.79. The van der Waals surface area contributed by atoms with Crippen LogP contribution >= 0.6 is 0 Å². The minimum Gasteiger partial charge on any atom is -0.508 e. The molecule has 1 aromatic carbocycles. The van der Waals surface area contributed by atoms with Crippen LogP contribution in [0.15, 0.2) is 24.3 Å². The van der Waals surface area contributed by atoms with Gasteiger partial charge in [-0.2, -0.15) is 13.2 Å². The Bertz CT molecular complexity index is 403. The van der Waals surface area contributed by atoms with Gasteiger partial charge in [0.1, 0.15) is 11.8 Å². The summed E-state index contributed by atoms with van der Waals surface area (Å²) in [4.78, 5) is 1.39. The molecule has 0 unspecified atom stereocenters. The summed E-state index contributed by atoms with van der Waals surface area (Å²) in [5.41, 5.74) is 0.0874. The summed E-state index contributed by atoms with van der Waals surface area (Å²) in [5.74, 6) is -0.142. The molecule has 0 radical (unpaired) electrons. The number of nitrogens with zero attached hydrogens (tertiary/aromatic N) is 1. The number of aromatic hydroxyl groups is 1. The van der Waals surface area contributed by atoms with E-state index in [0.717, 1.165) is 0 Å². The Morgan fingerprint density at radius 2 is 1.89 bits per heavy atom. The first-order chi connectivity index (χ1) is 8.48. The van der Waals surface area contributed by atoms with Crippen LogP contribution in [0, 0.1) is 0 Å². The third kappa shape index (κ3) is 2.94. The first kappa shape index (κ1) is 13.2. The van der Waals surface area contributed by atoms with Gasteiger partial charge in [0.05, 0.1) is 0 Å². The maximum atomic E-state index is 13.2. The minimum atomic E-state index is -4.34. The highest BCUT2D eigenvalue weighted by Crippen LogP contribution is 2.38. The summed E-state index contributed by atoms with van der Waals surface area (Å²) in [6.07, 6.45) is -4.34. The predicted molar refractivity (Wildman–Crippen MR) is 61.3 cm³/mol. The molecule has 1 aromatic rings. The summed E-state index contributed by atoms with van der Waals surface area (Å²) >= 11 is 0. The number of phenolic OH excluding ortho intramolecular Hbond substituents is 1. The average molecular weight is 260 g/mol. The lowest BCUT2D eigenvalue weighted by atomic mass is 10.0. The van der Waals surface area contributed by atoms with Crippen molar-refractivity contribution >= 4 is 0 Å². The van der Waals surface area contributed by atoms with Gasteiger partial charge in [-0.3, -0.25) is 4.90 Å². The van der Waals surface area contributed by atoms with Crippen LogP contribution in [-0.2, 0) is 0 Å². The van der Waals surface area contributed by atoms with E-state index in [0.29, 0.717) is 26.2 Å². The number of rotatable bonds is 2. The van der Waals surface area contributed by atoms with Crippen molar-refractivity contribution in [2.45, 2.75) is 12.2 Å². The summed E-state index contributed by atoms with van der Waals surface area (Å²) in [6.45, 7) is 1.79. The van der Waals surface area contributed by atoms with Gasteiger partial charge < -0.3 is 10.4 Å². The summed E-state index contributed by atoms with van der Waals surface area (Å²) in [7, 11) is 0. The molecule has 100 valence electrons. The lowest BCUT2D eigenvalue weighted by Crippen LogP contribution is -2.49. The summed E-state index contributed by atoms with van der Waals surface area (Å²) < 4.78 is 39.5. The summed E-state index contributed by atoms with van der Waals surface area (Å²) in [5, 5.41) is 12.4. The van der Waals surface area contributed by atoms with Crippen LogP contribution in [0.4, 0.5) is 13.2 Å². The Labute approximate surface area is 103 Å². The quantitative estimate of drug-likeness (QED) is 0.852. The molecule has 0 aromatic heterocycles. The molecule has 0 spiro atoms. The Morgan fingerprint density at radius 1 is 1.22 bits per heavy atom. The van der Waals surface area contributed by atoms with Crippen molar-refractivity contribution in [2.24, 2.45) is 0 Å². The van der Waals surface area contributed by atoms with Crippen LogP contribution in [0.5, 0.6) is 5.75 Å². The van der Waals surface area contributed by atoms with Gasteiger partial charge in [-0.05, 0) is 17.7 Å². The Hall–Kier alpha value is -1.27. The van der Waals surface area contributed by atoms with Crippen LogP contribution in [-0.4, -0.2) is 42.4 Å². The van der Waals surface area contributed by atoms with Crippen LogP contribution in [0.1, 0.15) is 11.6 Å². The van der Waals surface area contributed by atoms with Crippen LogP contribution < -0.4 is 5.32 Å². The molecule has 0 aliphatic carbocycles. The average Bonchev–Trinajstić information content (AvgIpc) is 2.28. The third-order valence-corrected chi connectivity index (χ3v) is 3.01. The molecule has 1 saturated heterocycles. The van der Waals surface area contributed by atoms with Gasteiger partial charge in [0.2, 0.25) is 0 Å². The van der Waals surface area contributed by atoms with E-state index in [1.807, 2.05) is 0 Å². The Kier molecular flexibility index (Phi) is 3.77. The number of benzene rings is 1. The summed E-state index contributed by atoms with van der Waals surface area (Å²) in [6, 6.07) is 3.74. The maximum Gasteiger partial charge on any atom is 0.408 e. The van der Waals surface area contributed by atoms with Crippen molar-refractivity contribution in [2.75, 3.05) is 26.2 Å². The van der Waals surface area contributed by atoms with Gasteiger partial charge >= 0.3 is 6.18 Å². The van der Waals surface area contributed by atoms with Crippen LogP contribution in [0.3, 0.4) is 0 Å². The number of hydrogen-bond donors (Lipinski definition) is 2. The molecule has 1 heterocycles. The number of halogens is 3. The highest BCUT2D eigenvalue weighted by molar-refractivity contribution is 5.30. The van der Waals surface area contributed by atoms with Gasteiger partial charge in [-0.1, -0.05) is 12.1 Å². The van der Waals surface area contributed by atoms with E-state index >= 15 is 0 Å². The lowest BCUT2D eigenvalue weighted by molar-refractivity contribution is -0.187. The SMILES string of the molecule is Oc1cccc([C@@H](N2CCNCC2)C(F)(F)F)c1. The first-order valence-electron chi connectivity index (χ1n) is 5.79. The molecule has 1 fully saturated rings. The fourth-order valence-corrected chi connectivity index (χ4v) is 2.24. The highest BCUT2D eigenvalue weighted by atomic mass is 19.4. The largest absolute Gasteiger partial charge is 0.508 e. The van der Waals surface area contributed by atoms with Crippen molar-refractivity contribution in [1.82, 2.24) is 10.2 Å². The van der Waals surface area contributed by atoms with E-state index in [1.54, 1.807) is 0 Å². The number of alkyl halides is 3. The van der Waals surface area contributed by atoms with E-state index in [9.17, 15) is 18.3 Å². The second-order valence-corrected chi connectivity index (χ2v) is 4.33. The van der Waals surface area contributed by atoms with Gasteiger partial charge in [0.25, 0.3) is 0 Å². The molecule has 0 bridgehead atoms. The van der Waals surface area contributed by atoms with Gasteiger partial charge in [0, 0.05) is 26.2 Å². The van der Waals surface area contributed by atoms with E-state index in [4.69, 9.17) is 0 Å². The molecule has 2 N–H and O–H groups in total.